The largest absolute Gasteiger partial charge is 0.478 e. The minimum atomic E-state index is -1.23. The zero-order chi connectivity index (χ0) is 91.9. The minimum Gasteiger partial charge on any atom is -0.478 e. The molecule has 13 N–H and O–H groups in total. The highest BCUT2D eigenvalue weighted by molar-refractivity contribution is 6.00. The number of carboxylic acids is 1. The Bertz CT molecular complexity index is 4360. The maximum Gasteiger partial charge on any atom is 0.331 e. The molecule has 42 heteroatoms. The maximum atomic E-state index is 11.5. The van der Waals surface area contributed by atoms with E-state index in [1.807, 2.05) is 13.8 Å². The molecular weight excluding hydrogens is 1610 g/mol. The first-order chi connectivity index (χ1) is 57.5. The Morgan fingerprint density at radius 1 is 0.336 bits per heavy atom. The summed E-state index contributed by atoms with van der Waals surface area (Å²) in [7, 11) is 1.20. The second-order valence-electron chi connectivity index (χ2n) is 25.6. The molecule has 0 radical (unpaired) electrons. The maximum absolute atomic E-state index is 11.5. The minimum absolute atomic E-state index is 0.0177. The van der Waals surface area contributed by atoms with Crippen LogP contribution in [0, 0.1) is 5.92 Å². The topological polar surface area (TPSA) is 573 Å². The highest BCUT2D eigenvalue weighted by Gasteiger charge is 2.22. The van der Waals surface area contributed by atoms with Crippen LogP contribution in [0.25, 0.3) is 0 Å². The number of ether oxygens (including phenoxy) is 11. The molecule has 0 spiro atoms. The van der Waals surface area contributed by atoms with E-state index >= 15 is 0 Å². The van der Waals surface area contributed by atoms with Crippen LogP contribution in [0.3, 0.4) is 0 Å². The predicted octanol–water partition coefficient (Wildman–Crippen LogP) is 1.62. The van der Waals surface area contributed by atoms with Gasteiger partial charge in [0.2, 0.25) is 0 Å². The second kappa shape index (κ2) is 57.6. The quantitative estimate of drug-likeness (QED) is 0.0247. The summed E-state index contributed by atoms with van der Waals surface area (Å²) in [6.07, 6.45) is 21.6. The molecular formula is C80H100N12O30. The van der Waals surface area contributed by atoms with Crippen molar-refractivity contribution in [2.24, 2.45) is 5.92 Å². The summed E-state index contributed by atoms with van der Waals surface area (Å²) >= 11 is 0. The van der Waals surface area contributed by atoms with Crippen molar-refractivity contribution < 1.29 is 144 Å². The Morgan fingerprint density at radius 2 is 0.549 bits per heavy atom. The van der Waals surface area contributed by atoms with Crippen molar-refractivity contribution in [1.82, 2.24) is 63.8 Å². The van der Waals surface area contributed by atoms with E-state index in [2.05, 4.69) is 113 Å². The molecule has 0 aromatic rings. The number of esters is 11. The highest BCUT2D eigenvalue weighted by Crippen LogP contribution is 2.13. The van der Waals surface area contributed by atoms with Gasteiger partial charge in [0.25, 0.3) is 35.4 Å². The molecule has 660 valence electrons. The number of hydrogen-bond acceptors (Lipinski definition) is 35. The average Bonchev–Trinajstić information content (AvgIpc) is 0.905. The van der Waals surface area contributed by atoms with Crippen molar-refractivity contribution >= 4 is 107 Å². The summed E-state index contributed by atoms with van der Waals surface area (Å²) in [5.74, 6) is -7.63. The third-order valence-corrected chi connectivity index (χ3v) is 13.5. The molecule has 0 saturated carbocycles. The molecule has 0 saturated heterocycles. The van der Waals surface area contributed by atoms with Crippen molar-refractivity contribution in [3.63, 3.8) is 0 Å². The lowest BCUT2D eigenvalue weighted by molar-refractivity contribution is -0.149. The van der Waals surface area contributed by atoms with Crippen LogP contribution in [0.1, 0.15) is 93.9 Å². The van der Waals surface area contributed by atoms with Crippen molar-refractivity contribution in [2.45, 2.75) is 106 Å². The van der Waals surface area contributed by atoms with Gasteiger partial charge in [-0.1, -0.05) is 53.3 Å². The molecule has 6 aliphatic rings. The van der Waals surface area contributed by atoms with Gasteiger partial charge in [0.15, 0.2) is 0 Å². The fraction of sp³-hybridized carbons (Fsp3) is 0.325. The molecule has 42 nitrogen and oxygen atoms in total. The third-order valence-electron chi connectivity index (χ3n) is 13.5. The number of carbonyl (C=O) groups excluding carboxylic acids is 17. The normalized spacial score (nSPS) is 14.6. The first kappa shape index (κ1) is 105. The van der Waals surface area contributed by atoms with Gasteiger partial charge in [-0.05, 0) is 47.5 Å². The van der Waals surface area contributed by atoms with E-state index in [1.165, 1.54) is 44.3 Å². The number of hydrogen-bond donors (Lipinski definition) is 13. The lowest BCUT2D eigenvalue weighted by atomic mass is 10.2. The van der Waals surface area contributed by atoms with E-state index in [0.29, 0.717) is 81.0 Å². The van der Waals surface area contributed by atoms with Crippen LogP contribution in [-0.2, 0) is 138 Å². The van der Waals surface area contributed by atoms with Crippen molar-refractivity contribution in [1.29, 1.82) is 0 Å². The van der Waals surface area contributed by atoms with Crippen LogP contribution < -0.4 is 63.8 Å². The van der Waals surface area contributed by atoms with Crippen LogP contribution in [0.4, 0.5) is 0 Å². The number of rotatable bonds is 34. The molecule has 0 unspecified atom stereocenters. The number of carboxylic acid groups (broad SMARTS) is 1. The summed E-state index contributed by atoms with van der Waals surface area (Å²) < 4.78 is 52.6. The van der Waals surface area contributed by atoms with Gasteiger partial charge in [0.1, 0.15) is 40.5 Å². The SMILES string of the molecule is C=C1NC=C(CCOC(=O)/C=C/C(=O)O)C(=O)N1.C=C1NC=C(CCOC(=O)/C=C/C(=O)OC(C)(C)C)C(=O)N1.C=C1NC=C(CCOC(=O)/C=C/C(=O)OC(C)C)C(=O)N1.C=C1NC=C(CCOC(=O)/C=C/C(=O)OC)C(=O)N1.C=C1NC=C(CCOC(=O)/C=C/C(=O)OCC(C)C)C(=O)N1.C=C1NC=C(CCOC(=O)/C=C/C(=O)OCC)C(=O)N1. The molecule has 0 fully saturated rings. The molecule has 6 amide bonds. The Kier molecular flexibility index (Phi) is 49.4. The first-order valence-electron chi connectivity index (χ1n) is 36.4. The molecule has 6 aliphatic heterocycles. The van der Waals surface area contributed by atoms with Crippen molar-refractivity contribution in [2.75, 3.05) is 60.0 Å². The van der Waals surface area contributed by atoms with Gasteiger partial charge < -0.3 is 121 Å². The molecule has 0 atom stereocenters. The van der Waals surface area contributed by atoms with Gasteiger partial charge >= 0.3 is 71.6 Å². The third kappa shape index (κ3) is 51.5. The molecule has 0 aliphatic carbocycles. The fourth-order valence-corrected chi connectivity index (χ4v) is 7.91. The molecule has 0 aromatic carbocycles. The van der Waals surface area contributed by atoms with E-state index in [-0.39, 0.29) is 132 Å². The average molecular weight is 1710 g/mol. The number of aliphatic carboxylic acids is 1. The Balaban J connectivity index is 0.000000733. The lowest BCUT2D eigenvalue weighted by Gasteiger charge is -2.17. The molecule has 0 bridgehead atoms. The summed E-state index contributed by atoms with van der Waals surface area (Å²) in [5.41, 5.74) is 2.01. The van der Waals surface area contributed by atoms with Gasteiger partial charge in [-0.2, -0.15) is 0 Å². The molecule has 122 heavy (non-hydrogen) atoms. The first-order valence-corrected chi connectivity index (χ1v) is 36.4. The summed E-state index contributed by atoms with van der Waals surface area (Å²) in [6.45, 7) is 35.9. The number of carbonyl (C=O) groups is 18. The molecule has 6 rings (SSSR count). The van der Waals surface area contributed by atoms with Gasteiger partial charge in [0.05, 0.1) is 66.1 Å². The number of methoxy groups -OCH3 is 1. The Labute approximate surface area is 701 Å². The Morgan fingerprint density at radius 3 is 0.754 bits per heavy atom. The van der Waals surface area contributed by atoms with Crippen molar-refractivity contribution in [3.05, 3.63) is 218 Å². The monoisotopic (exact) mass is 1710 g/mol. The standard InChI is InChI=1S/2C15H20N2O5.C14H18N2O5.C13H16N2O5.C12H14N2O5.C11H12N2O5/c1-10-16-9-11(14(20)17-10)7-8-21-12(18)5-6-13(19)22-15(2,3)4;1-10(2)9-22-14(19)5-4-13(18)21-7-6-12-8-16-11(3)17-15(12)20;1-9(2)21-13(18)5-4-12(17)20-7-6-11-8-15-10(3)16-14(11)19;1-3-19-11(16)4-5-12(17)20-7-6-10-8-14-9(2)15-13(10)18;1-8-13-7-9(12(17)14-8)5-6-19-11(16)4-3-10(15)18-2;1-7-12-6-8(11(17)13-7)4-5-18-10(16)3-2-9(14)15/h5-6,9,16H,1,7-8H2,2-4H3,(H,17,20);4-5,8,10,16H,3,6-7,9H2,1-2H3,(H,17,20);4-5,8-9,15H,3,6-7H2,1-2H3,(H,16,19);4-5,8,14H,2-3,6-7H2,1H3,(H,15,18);3-4,7,13H,1,5-6H2,2H3,(H,14,17);2-3,6,12H,1,4-5H2,(H,13,17)(H,14,15)/b6-5+;3*5-4+;4-3+;3-2+. The second-order valence-corrected chi connectivity index (χ2v) is 25.6. The van der Waals surface area contributed by atoms with Crippen LogP contribution in [0.15, 0.2) is 218 Å². The predicted molar refractivity (Wildman–Crippen MR) is 428 cm³/mol. The zero-order valence-electron chi connectivity index (χ0n) is 68.5. The van der Waals surface area contributed by atoms with Gasteiger partial charge in [-0.3, -0.25) is 28.8 Å². The number of nitrogens with one attached hydrogen (secondary N) is 12. The summed E-state index contributed by atoms with van der Waals surface area (Å²) in [5, 5.41) is 39.7. The molecule has 0 aromatic heterocycles. The van der Waals surface area contributed by atoms with Crippen LogP contribution in [-0.4, -0.2) is 184 Å². The van der Waals surface area contributed by atoms with Gasteiger partial charge in [0, 0.05) is 182 Å². The van der Waals surface area contributed by atoms with Crippen molar-refractivity contribution in [3.8, 4) is 0 Å². The van der Waals surface area contributed by atoms with Crippen LogP contribution in [0.2, 0.25) is 0 Å². The van der Waals surface area contributed by atoms with E-state index in [9.17, 15) is 86.3 Å². The van der Waals surface area contributed by atoms with E-state index < -0.39 is 77.2 Å². The van der Waals surface area contributed by atoms with E-state index in [0.717, 1.165) is 66.8 Å². The van der Waals surface area contributed by atoms with Gasteiger partial charge in [-0.25, -0.2) is 57.5 Å². The van der Waals surface area contributed by atoms with Crippen LogP contribution >= 0.6 is 0 Å². The molecule has 6 heterocycles. The zero-order valence-corrected chi connectivity index (χ0v) is 68.5. The highest BCUT2D eigenvalue weighted by atomic mass is 16.6. The Hall–Kier alpha value is -15.4. The van der Waals surface area contributed by atoms with E-state index in [1.54, 1.807) is 41.5 Å². The fourth-order valence-electron chi connectivity index (χ4n) is 7.91. The van der Waals surface area contributed by atoms with Gasteiger partial charge in [-0.15, -0.1) is 0 Å². The number of amides is 6. The van der Waals surface area contributed by atoms with Crippen LogP contribution in [0.5, 0.6) is 0 Å². The van der Waals surface area contributed by atoms with E-state index in [4.69, 9.17) is 47.7 Å². The summed E-state index contributed by atoms with van der Waals surface area (Å²) in [4.78, 5) is 202. The summed E-state index contributed by atoms with van der Waals surface area (Å²) in [6, 6.07) is 0. The lowest BCUT2D eigenvalue weighted by Crippen LogP contribution is -2.35. The smallest absolute Gasteiger partial charge is 0.331 e.